The van der Waals surface area contributed by atoms with Crippen LogP contribution in [0.5, 0.6) is 0 Å². The average Bonchev–Trinajstić information content (AvgIpc) is 2.82. The van der Waals surface area contributed by atoms with E-state index in [2.05, 4.69) is 49.0 Å². The van der Waals surface area contributed by atoms with Crippen molar-refractivity contribution < 1.29 is 0 Å². The number of rotatable bonds is 6. The molecule has 2 N–H and O–H groups in total. The molecule has 2 nitrogen and oxygen atoms in total. The lowest BCUT2D eigenvalue weighted by molar-refractivity contribution is 0.240. The molecule has 18 heavy (non-hydrogen) atoms. The molecular weight excluding hydrogens is 240 g/mol. The molecule has 0 spiro atoms. The fourth-order valence-corrected chi connectivity index (χ4v) is 2.67. The van der Waals surface area contributed by atoms with Crippen molar-refractivity contribution in [2.45, 2.75) is 33.7 Å². The largest absolute Gasteiger partial charge is 0.320 e. The molecule has 1 rings (SSSR count). The van der Waals surface area contributed by atoms with Crippen molar-refractivity contribution in [2.75, 3.05) is 19.6 Å². The zero-order valence-corrected chi connectivity index (χ0v) is 12.5. The van der Waals surface area contributed by atoms with E-state index in [9.17, 15) is 0 Å². The van der Waals surface area contributed by atoms with Crippen LogP contribution in [-0.4, -0.2) is 24.5 Å². The van der Waals surface area contributed by atoms with Crippen LogP contribution in [0.25, 0.3) is 0 Å². The van der Waals surface area contributed by atoms with Gasteiger partial charge in [-0.05, 0) is 23.9 Å². The van der Waals surface area contributed by atoms with Crippen molar-refractivity contribution in [3.05, 3.63) is 21.9 Å². The average molecular weight is 264 g/mol. The van der Waals surface area contributed by atoms with E-state index >= 15 is 0 Å². The van der Waals surface area contributed by atoms with Gasteiger partial charge in [0.2, 0.25) is 0 Å². The van der Waals surface area contributed by atoms with E-state index in [1.165, 1.54) is 11.3 Å². The van der Waals surface area contributed by atoms with E-state index in [4.69, 9.17) is 5.73 Å². The number of nitrogens with zero attached hydrogens (tertiary/aromatic N) is 1. The Bertz CT molecular complexity index is 400. The standard InChI is InChI=1S/C15H24N2S/c1-4-13(3)11-17(5-2)12-15-14(7-6-9-16)8-10-18-15/h8,10,13H,4-5,9,11-12,16H2,1-3H3. The molecule has 0 saturated heterocycles. The highest BCUT2D eigenvalue weighted by molar-refractivity contribution is 7.10. The van der Waals surface area contributed by atoms with Crippen LogP contribution in [0.1, 0.15) is 37.6 Å². The summed E-state index contributed by atoms with van der Waals surface area (Å²) < 4.78 is 0. The Morgan fingerprint density at radius 2 is 2.22 bits per heavy atom. The van der Waals surface area contributed by atoms with Crippen LogP contribution in [0, 0.1) is 17.8 Å². The van der Waals surface area contributed by atoms with Crippen LogP contribution in [0.4, 0.5) is 0 Å². The second-order valence-corrected chi connectivity index (χ2v) is 5.61. The summed E-state index contributed by atoms with van der Waals surface area (Å²) in [6.07, 6.45) is 1.24. The third-order valence-corrected chi connectivity index (χ3v) is 4.06. The summed E-state index contributed by atoms with van der Waals surface area (Å²) in [6.45, 7) is 10.5. The molecule has 0 fully saturated rings. The van der Waals surface area contributed by atoms with Crippen molar-refractivity contribution >= 4 is 11.3 Å². The first-order valence-corrected chi connectivity index (χ1v) is 7.56. The summed E-state index contributed by atoms with van der Waals surface area (Å²) in [5, 5.41) is 2.12. The van der Waals surface area contributed by atoms with Gasteiger partial charge in [-0.15, -0.1) is 11.3 Å². The first-order chi connectivity index (χ1) is 8.71. The molecule has 1 heterocycles. The van der Waals surface area contributed by atoms with E-state index in [1.54, 1.807) is 11.3 Å². The van der Waals surface area contributed by atoms with Gasteiger partial charge in [-0.1, -0.05) is 39.0 Å². The zero-order valence-electron chi connectivity index (χ0n) is 11.7. The fraction of sp³-hybridized carbons (Fsp3) is 0.600. The summed E-state index contributed by atoms with van der Waals surface area (Å²) in [7, 11) is 0. The molecule has 0 aliphatic rings. The van der Waals surface area contributed by atoms with Gasteiger partial charge in [-0.25, -0.2) is 0 Å². The predicted molar refractivity (Wildman–Crippen MR) is 80.7 cm³/mol. The van der Waals surface area contributed by atoms with Crippen molar-refractivity contribution in [3.8, 4) is 11.8 Å². The monoisotopic (exact) mass is 264 g/mol. The van der Waals surface area contributed by atoms with Gasteiger partial charge < -0.3 is 5.73 Å². The Morgan fingerprint density at radius 1 is 1.44 bits per heavy atom. The Morgan fingerprint density at radius 3 is 2.83 bits per heavy atom. The molecule has 1 aromatic heterocycles. The highest BCUT2D eigenvalue weighted by Crippen LogP contribution is 2.19. The molecule has 0 aromatic carbocycles. The molecule has 1 atom stereocenters. The van der Waals surface area contributed by atoms with Crippen LogP contribution in [0.3, 0.4) is 0 Å². The van der Waals surface area contributed by atoms with E-state index in [0.717, 1.165) is 31.1 Å². The predicted octanol–water partition coefficient (Wildman–Crippen LogP) is 2.93. The SMILES string of the molecule is CCC(C)CN(CC)Cc1sccc1C#CCN. The Hall–Kier alpha value is -0.820. The topological polar surface area (TPSA) is 29.3 Å². The minimum Gasteiger partial charge on any atom is -0.320 e. The van der Waals surface area contributed by atoms with E-state index in [1.807, 2.05) is 0 Å². The fourth-order valence-electron chi connectivity index (χ4n) is 1.80. The third-order valence-electron chi connectivity index (χ3n) is 3.15. The van der Waals surface area contributed by atoms with Crippen LogP contribution in [0.15, 0.2) is 11.4 Å². The molecular formula is C15H24N2S. The Balaban J connectivity index is 2.67. The second-order valence-electron chi connectivity index (χ2n) is 4.60. The van der Waals surface area contributed by atoms with E-state index < -0.39 is 0 Å². The van der Waals surface area contributed by atoms with E-state index in [0.29, 0.717) is 6.54 Å². The van der Waals surface area contributed by atoms with Crippen LogP contribution < -0.4 is 5.73 Å². The minimum absolute atomic E-state index is 0.430. The molecule has 3 heteroatoms. The normalized spacial score (nSPS) is 12.3. The van der Waals surface area contributed by atoms with Crippen LogP contribution in [-0.2, 0) is 6.54 Å². The van der Waals surface area contributed by atoms with Gasteiger partial charge in [0.25, 0.3) is 0 Å². The Labute approximate surface area is 115 Å². The van der Waals surface area contributed by atoms with Crippen molar-refractivity contribution in [1.29, 1.82) is 0 Å². The highest BCUT2D eigenvalue weighted by Gasteiger charge is 2.10. The molecule has 0 saturated carbocycles. The minimum atomic E-state index is 0.430. The summed E-state index contributed by atoms with van der Waals surface area (Å²) in [6, 6.07) is 2.10. The molecule has 1 unspecified atom stereocenters. The maximum atomic E-state index is 5.43. The summed E-state index contributed by atoms with van der Waals surface area (Å²) in [5.74, 6) is 6.85. The lowest BCUT2D eigenvalue weighted by Crippen LogP contribution is -2.27. The molecule has 0 bridgehead atoms. The first kappa shape index (κ1) is 15.2. The zero-order chi connectivity index (χ0) is 13.4. The highest BCUT2D eigenvalue weighted by atomic mass is 32.1. The van der Waals surface area contributed by atoms with Crippen LogP contribution in [0.2, 0.25) is 0 Å². The lowest BCUT2D eigenvalue weighted by atomic mass is 10.1. The molecule has 0 radical (unpaired) electrons. The van der Waals surface area contributed by atoms with Gasteiger partial charge >= 0.3 is 0 Å². The summed E-state index contributed by atoms with van der Waals surface area (Å²) in [5.41, 5.74) is 6.57. The summed E-state index contributed by atoms with van der Waals surface area (Å²) >= 11 is 1.79. The van der Waals surface area contributed by atoms with Gasteiger partial charge in [0.15, 0.2) is 0 Å². The van der Waals surface area contributed by atoms with Crippen molar-refractivity contribution in [2.24, 2.45) is 11.7 Å². The maximum absolute atomic E-state index is 5.43. The van der Waals surface area contributed by atoms with Gasteiger partial charge in [0.05, 0.1) is 6.54 Å². The molecule has 100 valence electrons. The van der Waals surface area contributed by atoms with Crippen molar-refractivity contribution in [1.82, 2.24) is 4.90 Å². The molecule has 0 amide bonds. The Kier molecular flexibility index (Phi) is 7.04. The van der Waals surface area contributed by atoms with Crippen molar-refractivity contribution in [3.63, 3.8) is 0 Å². The summed E-state index contributed by atoms with van der Waals surface area (Å²) in [4.78, 5) is 3.86. The number of nitrogens with two attached hydrogens (primary N) is 1. The number of hydrogen-bond donors (Lipinski definition) is 1. The number of hydrogen-bond acceptors (Lipinski definition) is 3. The quantitative estimate of drug-likeness (QED) is 0.801. The lowest BCUT2D eigenvalue weighted by Gasteiger charge is -2.23. The molecule has 1 aromatic rings. The third kappa shape index (κ3) is 4.81. The molecule has 0 aliphatic carbocycles. The second kappa shape index (κ2) is 8.31. The van der Waals surface area contributed by atoms with Gasteiger partial charge in [-0.2, -0.15) is 0 Å². The van der Waals surface area contributed by atoms with Gasteiger partial charge in [-0.3, -0.25) is 4.90 Å². The van der Waals surface area contributed by atoms with Crippen LogP contribution >= 0.6 is 11.3 Å². The molecule has 0 aliphatic heterocycles. The number of thiophene rings is 1. The smallest absolute Gasteiger partial charge is 0.0555 e. The first-order valence-electron chi connectivity index (χ1n) is 6.68. The van der Waals surface area contributed by atoms with E-state index in [-0.39, 0.29) is 0 Å². The van der Waals surface area contributed by atoms with Gasteiger partial charge in [0, 0.05) is 23.5 Å². The maximum Gasteiger partial charge on any atom is 0.0555 e. The van der Waals surface area contributed by atoms with Gasteiger partial charge in [0.1, 0.15) is 0 Å².